The second-order valence-corrected chi connectivity index (χ2v) is 6.59. The molecule has 1 atom stereocenters. The van der Waals surface area contributed by atoms with Crippen LogP contribution in [0.25, 0.3) is 0 Å². The van der Waals surface area contributed by atoms with Gasteiger partial charge in [0, 0.05) is 43.6 Å². The van der Waals surface area contributed by atoms with Crippen LogP contribution in [0.15, 0.2) is 24.5 Å². The van der Waals surface area contributed by atoms with Gasteiger partial charge in [-0.05, 0) is 37.7 Å². The van der Waals surface area contributed by atoms with Gasteiger partial charge in [-0.15, -0.1) is 0 Å². The number of nitrogens with two attached hydrogens (primary N) is 1. The van der Waals surface area contributed by atoms with Crippen LogP contribution >= 0.6 is 0 Å². The minimum atomic E-state index is 0.261. The third-order valence-electron chi connectivity index (χ3n) is 4.79. The highest BCUT2D eigenvalue weighted by molar-refractivity contribution is 6.29. The second-order valence-electron chi connectivity index (χ2n) is 6.59. The first kappa shape index (κ1) is 17.0. The summed E-state index contributed by atoms with van der Waals surface area (Å²) in [5, 5.41) is 3.32. The first-order valence-corrected chi connectivity index (χ1v) is 8.83. The van der Waals surface area contributed by atoms with E-state index in [0.717, 1.165) is 55.9 Å². The topological polar surface area (TPSA) is 59.8 Å². The maximum absolute atomic E-state index is 6.18. The highest BCUT2D eigenvalue weighted by Gasteiger charge is 2.30. The smallest absolute Gasteiger partial charge is 0.370 e. The molecule has 0 bridgehead atoms. The van der Waals surface area contributed by atoms with Gasteiger partial charge in [0.15, 0.2) is 0 Å². The van der Waals surface area contributed by atoms with Crippen LogP contribution in [-0.2, 0) is 6.42 Å². The Morgan fingerprint density at radius 3 is 3.08 bits per heavy atom. The van der Waals surface area contributed by atoms with E-state index in [-0.39, 0.29) is 6.10 Å². The molecule has 0 saturated carbocycles. The maximum Gasteiger partial charge on any atom is 0.370 e. The summed E-state index contributed by atoms with van der Waals surface area (Å²) in [5.41, 5.74) is 7.78. The van der Waals surface area contributed by atoms with E-state index in [1.165, 1.54) is 5.56 Å². The Balaban J connectivity index is 1.51. The molecule has 1 fully saturated rings. The normalized spacial score (nSPS) is 19.1. The van der Waals surface area contributed by atoms with Crippen LogP contribution in [0.1, 0.15) is 24.5 Å². The molecule has 129 valence electrons. The van der Waals surface area contributed by atoms with Crippen molar-refractivity contribution in [2.75, 3.05) is 19.6 Å². The van der Waals surface area contributed by atoms with Crippen molar-refractivity contribution in [3.05, 3.63) is 35.7 Å². The molecule has 3 N–H and O–H groups in total. The van der Waals surface area contributed by atoms with Crippen molar-refractivity contribution in [3.63, 3.8) is 0 Å². The Morgan fingerprint density at radius 2 is 2.33 bits per heavy atom. The number of likely N-dealkylation sites (tertiary alicyclic amines) is 1. The van der Waals surface area contributed by atoms with Gasteiger partial charge in [-0.1, -0.05) is 13.0 Å². The fourth-order valence-electron chi connectivity index (χ4n) is 3.30. The lowest BCUT2D eigenvalue weighted by Gasteiger charge is -2.41. The standard InChI is InChI=1S/C18H27BN3O2/c1-3-15(21-9-8-20)10-22-11-16(12-22)23-17-5-4-14-6-7-19-24-18(14)13(17)2/h4-5,8-9,15-16,21H,3,6-7,10-12,20H2,1-2H3/b9-8-. The molecule has 6 heteroatoms. The summed E-state index contributed by atoms with van der Waals surface area (Å²) in [6.45, 7) is 7.22. The van der Waals surface area contributed by atoms with E-state index in [9.17, 15) is 0 Å². The average Bonchev–Trinajstić information content (AvgIpc) is 2.58. The highest BCUT2D eigenvalue weighted by atomic mass is 16.5. The molecule has 2 aliphatic heterocycles. The van der Waals surface area contributed by atoms with Crippen molar-refractivity contribution in [3.8, 4) is 11.5 Å². The van der Waals surface area contributed by atoms with Crippen molar-refractivity contribution in [2.45, 2.75) is 45.2 Å². The monoisotopic (exact) mass is 328 g/mol. The van der Waals surface area contributed by atoms with Crippen LogP contribution in [-0.4, -0.2) is 44.2 Å². The summed E-state index contributed by atoms with van der Waals surface area (Å²) in [4.78, 5) is 2.41. The Kier molecular flexibility index (Phi) is 5.56. The molecule has 0 aliphatic carbocycles. The lowest BCUT2D eigenvalue weighted by molar-refractivity contribution is 0.0143. The molecule has 2 aliphatic rings. The average molecular weight is 328 g/mol. The molecule has 24 heavy (non-hydrogen) atoms. The molecule has 5 nitrogen and oxygen atoms in total. The van der Waals surface area contributed by atoms with Gasteiger partial charge in [-0.3, -0.25) is 4.90 Å². The third kappa shape index (κ3) is 3.81. The van der Waals surface area contributed by atoms with E-state index in [1.807, 2.05) is 13.7 Å². The van der Waals surface area contributed by atoms with Crippen molar-refractivity contribution < 1.29 is 9.39 Å². The first-order chi connectivity index (χ1) is 11.7. The van der Waals surface area contributed by atoms with Crippen LogP contribution < -0.4 is 20.4 Å². The number of ether oxygens (including phenoxy) is 1. The van der Waals surface area contributed by atoms with Gasteiger partial charge in [-0.25, -0.2) is 0 Å². The van der Waals surface area contributed by atoms with Gasteiger partial charge < -0.3 is 20.4 Å². The van der Waals surface area contributed by atoms with E-state index in [1.54, 1.807) is 6.20 Å². The Morgan fingerprint density at radius 1 is 1.50 bits per heavy atom. The Bertz CT molecular complexity index is 588. The van der Waals surface area contributed by atoms with Gasteiger partial charge in [-0.2, -0.15) is 0 Å². The van der Waals surface area contributed by atoms with Crippen LogP contribution in [0.2, 0.25) is 6.32 Å². The minimum Gasteiger partial charge on any atom is -0.563 e. The molecule has 1 aromatic carbocycles. The van der Waals surface area contributed by atoms with Gasteiger partial charge in [0.1, 0.15) is 17.6 Å². The van der Waals surface area contributed by atoms with Crippen LogP contribution in [0, 0.1) is 6.92 Å². The van der Waals surface area contributed by atoms with Gasteiger partial charge in [0.25, 0.3) is 0 Å². The summed E-state index contributed by atoms with van der Waals surface area (Å²) in [6.07, 6.45) is 6.73. The Hall–Kier alpha value is -1.82. The van der Waals surface area contributed by atoms with Gasteiger partial charge >= 0.3 is 7.48 Å². The highest BCUT2D eigenvalue weighted by Crippen LogP contribution is 2.35. The quantitative estimate of drug-likeness (QED) is 0.748. The predicted molar refractivity (Wildman–Crippen MR) is 97.5 cm³/mol. The number of hydrogen-bond donors (Lipinski definition) is 2. The predicted octanol–water partition coefficient (Wildman–Crippen LogP) is 1.83. The number of aryl methyl sites for hydroxylation is 1. The molecule has 1 unspecified atom stereocenters. The third-order valence-corrected chi connectivity index (χ3v) is 4.79. The zero-order chi connectivity index (χ0) is 16.9. The summed E-state index contributed by atoms with van der Waals surface area (Å²) in [5.74, 6) is 1.93. The largest absolute Gasteiger partial charge is 0.563 e. The molecular weight excluding hydrogens is 301 g/mol. The fourth-order valence-corrected chi connectivity index (χ4v) is 3.30. The molecule has 2 heterocycles. The van der Waals surface area contributed by atoms with Crippen LogP contribution in [0.3, 0.4) is 0 Å². The number of fused-ring (bicyclic) bond motifs is 1. The summed E-state index contributed by atoms with van der Waals surface area (Å²) >= 11 is 0. The second kappa shape index (κ2) is 7.84. The van der Waals surface area contributed by atoms with E-state index >= 15 is 0 Å². The van der Waals surface area contributed by atoms with Crippen molar-refractivity contribution in [1.82, 2.24) is 10.2 Å². The molecule has 0 aromatic heterocycles. The minimum absolute atomic E-state index is 0.261. The van der Waals surface area contributed by atoms with Crippen molar-refractivity contribution in [2.24, 2.45) is 5.73 Å². The SMILES string of the molecule is CCC(CN1CC(Oc2ccc3c(c2C)O[B]CC3)C1)N/C=C\N. The van der Waals surface area contributed by atoms with Crippen LogP contribution in [0.4, 0.5) is 0 Å². The van der Waals surface area contributed by atoms with E-state index in [4.69, 9.17) is 15.1 Å². The molecule has 0 spiro atoms. The first-order valence-electron chi connectivity index (χ1n) is 8.83. The molecule has 3 rings (SSSR count). The van der Waals surface area contributed by atoms with Crippen LogP contribution in [0.5, 0.6) is 11.5 Å². The maximum atomic E-state index is 6.18. The summed E-state index contributed by atoms with van der Waals surface area (Å²) in [7, 11) is 1.89. The molecular formula is C18H27BN3O2. The van der Waals surface area contributed by atoms with Crippen molar-refractivity contribution in [1.29, 1.82) is 0 Å². The van der Waals surface area contributed by atoms with Gasteiger partial charge in [0.05, 0.1) is 0 Å². The van der Waals surface area contributed by atoms with E-state index in [2.05, 4.69) is 36.2 Å². The van der Waals surface area contributed by atoms with E-state index in [0.29, 0.717) is 6.04 Å². The number of hydrogen-bond acceptors (Lipinski definition) is 5. The molecule has 1 aromatic rings. The number of nitrogens with zero attached hydrogens (tertiary/aromatic N) is 1. The number of rotatable bonds is 7. The zero-order valence-corrected chi connectivity index (χ0v) is 14.6. The lowest BCUT2D eigenvalue weighted by Crippen LogP contribution is -2.56. The van der Waals surface area contributed by atoms with Gasteiger partial charge in [0.2, 0.25) is 0 Å². The molecule has 1 radical (unpaired) electrons. The van der Waals surface area contributed by atoms with E-state index < -0.39 is 0 Å². The summed E-state index contributed by atoms with van der Waals surface area (Å²) < 4.78 is 11.9. The lowest BCUT2D eigenvalue weighted by atomic mass is 9.85. The Labute approximate surface area is 145 Å². The number of benzene rings is 1. The van der Waals surface area contributed by atoms with Crippen molar-refractivity contribution >= 4 is 7.48 Å². The number of nitrogens with one attached hydrogen (secondary N) is 1. The summed E-state index contributed by atoms with van der Waals surface area (Å²) in [6, 6.07) is 4.66. The zero-order valence-electron chi connectivity index (χ0n) is 14.6. The molecule has 0 amide bonds. The molecule has 1 saturated heterocycles. The fraction of sp³-hybridized carbons (Fsp3) is 0.556.